The van der Waals surface area contributed by atoms with Crippen molar-refractivity contribution in [3.63, 3.8) is 0 Å². The lowest BCUT2D eigenvalue weighted by atomic mass is 10.1. The fraction of sp³-hybridized carbons (Fsp3) is 0.625. The summed E-state index contributed by atoms with van der Waals surface area (Å²) in [6, 6.07) is 0. The minimum Gasteiger partial charge on any atom is -0.477 e. The van der Waals surface area contributed by atoms with Gasteiger partial charge in [-0.1, -0.05) is 0 Å². The number of ketones is 1. The van der Waals surface area contributed by atoms with Crippen molar-refractivity contribution in [2.45, 2.75) is 52.7 Å². The van der Waals surface area contributed by atoms with Gasteiger partial charge in [0.05, 0.1) is 5.54 Å². The van der Waals surface area contributed by atoms with Gasteiger partial charge < -0.3 is 14.4 Å². The van der Waals surface area contributed by atoms with Crippen LogP contribution in [0, 0.1) is 0 Å². The molecule has 1 saturated heterocycles. The molecule has 0 radical (unpaired) electrons. The fourth-order valence-electron chi connectivity index (χ4n) is 1.72. The smallest absolute Gasteiger partial charge is 0.342 e. The van der Waals surface area contributed by atoms with E-state index >= 15 is 0 Å². The molecule has 21 heavy (non-hydrogen) atoms. The molecule has 0 atom stereocenters. The molecule has 1 rings (SSSR count). The van der Waals surface area contributed by atoms with Crippen LogP contribution in [0.15, 0.2) is 23.6 Å². The van der Waals surface area contributed by atoms with Gasteiger partial charge in [-0.05, 0) is 53.7 Å². The summed E-state index contributed by atoms with van der Waals surface area (Å²) in [5.74, 6) is -0.324. The Morgan fingerprint density at radius 2 is 1.90 bits per heavy atom. The number of Topliss-reactive ketones (excluding diaryl/α,β-unsaturated/α-hetero) is 1. The van der Waals surface area contributed by atoms with Crippen LogP contribution in [0.3, 0.4) is 0 Å². The zero-order chi connectivity index (χ0) is 16.4. The molecule has 0 aromatic carbocycles. The third-order valence-corrected chi connectivity index (χ3v) is 3.20. The van der Waals surface area contributed by atoms with Crippen LogP contribution in [0.1, 0.15) is 41.5 Å². The number of carbonyl (C=O) groups is 2. The Bertz CT molecular complexity index is 495. The second-order valence-corrected chi connectivity index (χ2v) is 6.80. The first kappa shape index (κ1) is 17.3. The highest BCUT2D eigenvalue weighted by Crippen LogP contribution is 2.27. The number of esters is 1. The predicted molar refractivity (Wildman–Crippen MR) is 80.5 cm³/mol. The number of allylic oxidation sites excluding steroid dienone is 2. The maximum absolute atomic E-state index is 12.0. The predicted octanol–water partition coefficient (Wildman–Crippen LogP) is 2.43. The molecule has 0 aliphatic carbocycles. The van der Waals surface area contributed by atoms with Crippen molar-refractivity contribution in [3.8, 4) is 0 Å². The molecule has 1 aliphatic rings. The summed E-state index contributed by atoms with van der Waals surface area (Å²) < 4.78 is 10.8. The van der Waals surface area contributed by atoms with Crippen molar-refractivity contribution in [2.75, 3.05) is 13.7 Å². The van der Waals surface area contributed by atoms with Gasteiger partial charge in [0.1, 0.15) is 17.8 Å². The van der Waals surface area contributed by atoms with E-state index in [2.05, 4.69) is 13.8 Å². The zero-order valence-electron chi connectivity index (χ0n) is 13.9. The molecule has 0 unspecified atom stereocenters. The van der Waals surface area contributed by atoms with Crippen molar-refractivity contribution in [3.05, 3.63) is 23.6 Å². The number of nitrogens with zero attached hydrogens (tertiary/aromatic N) is 1. The Morgan fingerprint density at radius 1 is 1.33 bits per heavy atom. The summed E-state index contributed by atoms with van der Waals surface area (Å²) >= 11 is 0. The summed E-state index contributed by atoms with van der Waals surface area (Å²) in [6.07, 6.45) is 3.10. The van der Waals surface area contributed by atoms with Gasteiger partial charge in [-0.25, -0.2) is 4.79 Å². The van der Waals surface area contributed by atoms with Crippen LogP contribution in [0.2, 0.25) is 0 Å². The maximum Gasteiger partial charge on any atom is 0.342 e. The molecule has 118 valence electrons. The number of hydrogen-bond donors (Lipinski definition) is 0. The number of carbonyl (C=O) groups excluding carboxylic acids is 2. The van der Waals surface area contributed by atoms with E-state index < -0.39 is 11.6 Å². The average molecular weight is 295 g/mol. The average Bonchev–Trinajstić information content (AvgIpc) is 2.53. The molecule has 1 fully saturated rings. The monoisotopic (exact) mass is 295 g/mol. The zero-order valence-corrected chi connectivity index (χ0v) is 13.9. The molecule has 0 bridgehead atoms. The van der Waals surface area contributed by atoms with E-state index in [0.29, 0.717) is 12.5 Å². The highest BCUT2D eigenvalue weighted by atomic mass is 16.6. The van der Waals surface area contributed by atoms with Gasteiger partial charge >= 0.3 is 5.97 Å². The van der Waals surface area contributed by atoms with Crippen LogP contribution >= 0.6 is 0 Å². The lowest BCUT2D eigenvalue weighted by Gasteiger charge is -2.25. The van der Waals surface area contributed by atoms with Crippen molar-refractivity contribution in [1.82, 2.24) is 4.90 Å². The van der Waals surface area contributed by atoms with Crippen molar-refractivity contribution < 1.29 is 19.1 Å². The Morgan fingerprint density at radius 3 is 2.29 bits per heavy atom. The lowest BCUT2D eigenvalue weighted by Crippen LogP contribution is -2.36. The van der Waals surface area contributed by atoms with Crippen LogP contribution in [-0.2, 0) is 19.1 Å². The Labute approximate surface area is 126 Å². The third kappa shape index (κ3) is 4.62. The molecule has 0 N–H and O–H groups in total. The Balaban J connectivity index is 2.97. The van der Waals surface area contributed by atoms with E-state index in [1.807, 2.05) is 11.9 Å². The van der Waals surface area contributed by atoms with Crippen molar-refractivity contribution >= 4 is 11.8 Å². The SMILES string of the molecule is CC(=O)C(=CC=C1OCC(C)(C)N1C)C(=O)OC(C)(C)C. The van der Waals surface area contributed by atoms with E-state index in [9.17, 15) is 9.59 Å². The first-order chi connectivity index (χ1) is 9.44. The second kappa shape index (κ2) is 5.92. The largest absolute Gasteiger partial charge is 0.477 e. The summed E-state index contributed by atoms with van der Waals surface area (Å²) in [4.78, 5) is 25.6. The number of rotatable bonds is 3. The van der Waals surface area contributed by atoms with E-state index in [1.165, 1.54) is 13.0 Å². The van der Waals surface area contributed by atoms with E-state index in [1.54, 1.807) is 26.8 Å². The highest BCUT2D eigenvalue weighted by Gasteiger charge is 2.33. The van der Waals surface area contributed by atoms with Crippen molar-refractivity contribution in [2.24, 2.45) is 0 Å². The number of ether oxygens (including phenoxy) is 2. The van der Waals surface area contributed by atoms with Crippen LogP contribution in [0.5, 0.6) is 0 Å². The van der Waals surface area contributed by atoms with E-state index in [-0.39, 0.29) is 16.9 Å². The molecular weight excluding hydrogens is 270 g/mol. The van der Waals surface area contributed by atoms with E-state index in [4.69, 9.17) is 9.47 Å². The molecule has 1 aliphatic heterocycles. The molecule has 0 aromatic rings. The third-order valence-electron chi connectivity index (χ3n) is 3.20. The lowest BCUT2D eigenvalue weighted by molar-refractivity contribution is -0.150. The van der Waals surface area contributed by atoms with E-state index in [0.717, 1.165) is 0 Å². The van der Waals surface area contributed by atoms with Crippen molar-refractivity contribution in [1.29, 1.82) is 0 Å². The minimum absolute atomic E-state index is 0.0131. The topological polar surface area (TPSA) is 55.8 Å². The molecule has 5 nitrogen and oxygen atoms in total. The Hall–Kier alpha value is -1.78. The number of hydrogen-bond acceptors (Lipinski definition) is 5. The molecule has 1 heterocycles. The quantitative estimate of drug-likeness (QED) is 0.346. The molecule has 0 aromatic heterocycles. The van der Waals surface area contributed by atoms with Gasteiger partial charge in [0.15, 0.2) is 11.7 Å². The molecular formula is C16H25NO4. The normalized spacial score (nSPS) is 20.4. The van der Waals surface area contributed by atoms with Crippen LogP contribution in [0.25, 0.3) is 0 Å². The van der Waals surface area contributed by atoms with Gasteiger partial charge in [0, 0.05) is 7.05 Å². The van der Waals surface area contributed by atoms with Crippen LogP contribution in [0.4, 0.5) is 0 Å². The summed E-state index contributed by atoms with van der Waals surface area (Å²) in [5, 5.41) is 0. The Kier molecular flexibility index (Phi) is 4.87. The summed E-state index contributed by atoms with van der Waals surface area (Å²) in [7, 11) is 1.91. The second-order valence-electron chi connectivity index (χ2n) is 6.80. The first-order valence-corrected chi connectivity index (χ1v) is 6.97. The van der Waals surface area contributed by atoms with Gasteiger partial charge in [0.25, 0.3) is 0 Å². The summed E-state index contributed by atoms with van der Waals surface area (Å²) in [5.41, 5.74) is -0.734. The van der Waals surface area contributed by atoms with Gasteiger partial charge in [-0.3, -0.25) is 4.79 Å². The number of likely N-dealkylation sites (N-methyl/N-ethyl adjacent to an activating group) is 1. The van der Waals surface area contributed by atoms with Crippen LogP contribution in [-0.4, -0.2) is 41.4 Å². The standard InChI is InChI=1S/C16H25NO4/c1-11(18)12(14(19)21-15(2,3)4)8-9-13-17(7)16(5,6)10-20-13/h8-9H,10H2,1-7H3. The first-order valence-electron chi connectivity index (χ1n) is 6.97. The fourth-order valence-corrected chi connectivity index (χ4v) is 1.72. The highest BCUT2D eigenvalue weighted by molar-refractivity contribution is 6.16. The van der Waals surface area contributed by atoms with Gasteiger partial charge in [0.2, 0.25) is 0 Å². The molecule has 5 heteroatoms. The molecule has 0 spiro atoms. The minimum atomic E-state index is -0.637. The summed E-state index contributed by atoms with van der Waals surface area (Å²) in [6.45, 7) is 11.3. The van der Waals surface area contributed by atoms with Gasteiger partial charge in [-0.15, -0.1) is 0 Å². The molecule has 0 saturated carbocycles. The van der Waals surface area contributed by atoms with Gasteiger partial charge in [-0.2, -0.15) is 0 Å². The van der Waals surface area contributed by atoms with Crippen LogP contribution < -0.4 is 0 Å². The molecule has 0 amide bonds. The maximum atomic E-state index is 12.0.